The van der Waals surface area contributed by atoms with Crippen LogP contribution >= 0.6 is 0 Å². The summed E-state index contributed by atoms with van der Waals surface area (Å²) in [5, 5.41) is 14.8. The van der Waals surface area contributed by atoms with Crippen molar-refractivity contribution in [2.45, 2.75) is 46.6 Å². The Balaban J connectivity index is 1.68. The maximum absolute atomic E-state index is 13.7. The van der Waals surface area contributed by atoms with E-state index in [4.69, 9.17) is 9.84 Å². The molecule has 5 rings (SSSR count). The summed E-state index contributed by atoms with van der Waals surface area (Å²) in [6.07, 6.45) is 5.12. The molecule has 0 spiro atoms. The molecule has 192 valence electrons. The highest BCUT2D eigenvalue weighted by Crippen LogP contribution is 2.34. The number of nitrogens with zero attached hydrogens (tertiary/aromatic N) is 4. The molecule has 0 bridgehead atoms. The van der Waals surface area contributed by atoms with E-state index in [1.165, 1.54) is 0 Å². The van der Waals surface area contributed by atoms with Crippen molar-refractivity contribution in [2.75, 3.05) is 13.2 Å². The second-order valence-corrected chi connectivity index (χ2v) is 10.0. The topological polar surface area (TPSA) is 88.2 Å². The van der Waals surface area contributed by atoms with E-state index in [1.54, 1.807) is 17.7 Å². The number of aryl methyl sites for hydroxylation is 3. The lowest BCUT2D eigenvalue weighted by Gasteiger charge is -2.29. The van der Waals surface area contributed by atoms with Crippen molar-refractivity contribution in [3.63, 3.8) is 0 Å². The fourth-order valence-corrected chi connectivity index (χ4v) is 5.40. The lowest BCUT2D eigenvalue weighted by Crippen LogP contribution is -2.46. The molecule has 7 nitrogen and oxygen atoms in total. The van der Waals surface area contributed by atoms with Gasteiger partial charge in [-0.3, -0.25) is 14.5 Å². The Hall–Kier alpha value is -4.28. The van der Waals surface area contributed by atoms with Gasteiger partial charge in [0.1, 0.15) is 17.3 Å². The van der Waals surface area contributed by atoms with E-state index in [0.717, 1.165) is 56.9 Å². The van der Waals surface area contributed by atoms with E-state index in [1.807, 2.05) is 42.6 Å². The van der Waals surface area contributed by atoms with E-state index >= 15 is 0 Å². The third-order valence-electron chi connectivity index (χ3n) is 7.21. The maximum Gasteiger partial charge on any atom is 0.271 e. The van der Waals surface area contributed by atoms with Crippen LogP contribution in [0.1, 0.15) is 42.0 Å². The Labute approximate surface area is 222 Å². The fourth-order valence-electron chi connectivity index (χ4n) is 5.40. The zero-order valence-corrected chi connectivity index (χ0v) is 22.1. The number of para-hydroxylation sites is 1. The van der Waals surface area contributed by atoms with Crippen LogP contribution in [0.5, 0.6) is 0 Å². The fraction of sp³-hybridized carbons (Fsp3) is 0.290. The van der Waals surface area contributed by atoms with Gasteiger partial charge < -0.3 is 4.74 Å². The molecule has 1 fully saturated rings. The van der Waals surface area contributed by atoms with Gasteiger partial charge in [-0.15, -0.1) is 0 Å². The van der Waals surface area contributed by atoms with Crippen LogP contribution in [0.2, 0.25) is 0 Å². The molecule has 0 N–H and O–H groups in total. The van der Waals surface area contributed by atoms with Crippen LogP contribution in [0.3, 0.4) is 0 Å². The number of benzene rings is 2. The first-order valence-electron chi connectivity index (χ1n) is 12.8. The van der Waals surface area contributed by atoms with Crippen molar-refractivity contribution in [3.05, 3.63) is 87.6 Å². The molecule has 3 aromatic rings. The van der Waals surface area contributed by atoms with Crippen molar-refractivity contribution in [1.82, 2.24) is 14.7 Å². The number of hydrogen-bond donors (Lipinski definition) is 0. The highest BCUT2D eigenvalue weighted by molar-refractivity contribution is 6.19. The van der Waals surface area contributed by atoms with Gasteiger partial charge in [0.05, 0.1) is 18.3 Å². The second-order valence-electron chi connectivity index (χ2n) is 10.0. The van der Waals surface area contributed by atoms with Crippen LogP contribution in [0.25, 0.3) is 23.0 Å². The van der Waals surface area contributed by atoms with Crippen molar-refractivity contribution < 1.29 is 14.3 Å². The molecule has 7 heteroatoms. The number of rotatable bonds is 5. The molecule has 2 aliphatic rings. The molecule has 1 saturated heterocycles. The lowest BCUT2D eigenvalue weighted by molar-refractivity contribution is -0.142. The molecule has 1 unspecified atom stereocenters. The van der Waals surface area contributed by atoms with E-state index in [2.05, 4.69) is 32.9 Å². The minimum Gasteiger partial charge on any atom is -0.376 e. The average molecular weight is 507 g/mol. The van der Waals surface area contributed by atoms with E-state index in [0.29, 0.717) is 17.8 Å². The Kier molecular flexibility index (Phi) is 6.83. The number of nitriles is 1. The Morgan fingerprint density at radius 2 is 1.79 bits per heavy atom. The molecule has 1 aromatic heterocycles. The summed E-state index contributed by atoms with van der Waals surface area (Å²) in [6, 6.07) is 16.0. The van der Waals surface area contributed by atoms with Gasteiger partial charge in [0.2, 0.25) is 0 Å². The summed E-state index contributed by atoms with van der Waals surface area (Å²) in [5.74, 6) is -0.981. The number of carbonyl (C=O) groups is 2. The molecule has 2 aromatic carbocycles. The zero-order chi connectivity index (χ0) is 27.0. The molecular weight excluding hydrogens is 476 g/mol. The molecule has 1 atom stereocenters. The second kappa shape index (κ2) is 10.2. The number of aromatic nitrogens is 2. The lowest BCUT2D eigenvalue weighted by atomic mass is 9.91. The average Bonchev–Trinajstić information content (AvgIpc) is 3.55. The first-order valence-corrected chi connectivity index (χ1v) is 12.8. The number of hydrogen-bond acceptors (Lipinski definition) is 5. The molecular formula is C31H30N4O3. The smallest absolute Gasteiger partial charge is 0.271 e. The highest BCUT2D eigenvalue weighted by atomic mass is 16.5. The first kappa shape index (κ1) is 25.4. The third kappa shape index (κ3) is 4.59. The summed E-state index contributed by atoms with van der Waals surface area (Å²) in [4.78, 5) is 28.0. The van der Waals surface area contributed by atoms with Crippen molar-refractivity contribution in [3.8, 4) is 23.0 Å². The van der Waals surface area contributed by atoms with E-state index in [-0.39, 0.29) is 18.2 Å². The number of carbonyl (C=O) groups excluding carboxylic acids is 2. The molecule has 0 aliphatic carbocycles. The first-order chi connectivity index (χ1) is 18.3. The summed E-state index contributed by atoms with van der Waals surface area (Å²) < 4.78 is 7.49. The molecule has 3 heterocycles. The molecule has 0 saturated carbocycles. The van der Waals surface area contributed by atoms with Gasteiger partial charge in [-0.25, -0.2) is 4.68 Å². The van der Waals surface area contributed by atoms with Crippen LogP contribution in [-0.4, -0.2) is 45.8 Å². The van der Waals surface area contributed by atoms with Gasteiger partial charge >= 0.3 is 0 Å². The summed E-state index contributed by atoms with van der Waals surface area (Å²) in [6.45, 7) is 8.59. The molecule has 38 heavy (non-hydrogen) atoms. The maximum atomic E-state index is 13.7. The normalized spacial score (nSPS) is 19.0. The Morgan fingerprint density at radius 3 is 2.42 bits per heavy atom. The standard InChI is InChI=1S/C31H30N4O3/c1-19-13-20(2)28(21(3)14-19)29-23(17-35(33-29)24-9-6-5-7-10-24)15-26-22(4)27(16-32)31(37)34(30(26)36)18-25-11-8-12-38-25/h5-7,9-10,13-15,17,25H,8,11-12,18H2,1-4H3/b26-15+. The minimum atomic E-state index is -0.562. The Morgan fingerprint density at radius 1 is 1.08 bits per heavy atom. The van der Waals surface area contributed by atoms with Crippen molar-refractivity contribution >= 4 is 17.9 Å². The van der Waals surface area contributed by atoms with E-state index < -0.39 is 11.8 Å². The number of amides is 2. The van der Waals surface area contributed by atoms with Crippen LogP contribution < -0.4 is 0 Å². The van der Waals surface area contributed by atoms with Gasteiger partial charge in [0.15, 0.2) is 0 Å². The van der Waals surface area contributed by atoms with Crippen LogP contribution in [0.4, 0.5) is 0 Å². The van der Waals surface area contributed by atoms with E-state index in [9.17, 15) is 14.9 Å². The third-order valence-corrected chi connectivity index (χ3v) is 7.21. The zero-order valence-electron chi connectivity index (χ0n) is 22.1. The number of ether oxygens (including phenoxy) is 1. The largest absolute Gasteiger partial charge is 0.376 e. The van der Waals surface area contributed by atoms with Gasteiger partial charge in [-0.2, -0.15) is 10.4 Å². The monoisotopic (exact) mass is 506 g/mol. The van der Waals surface area contributed by atoms with Gasteiger partial charge in [-0.05, 0) is 75.4 Å². The summed E-state index contributed by atoms with van der Waals surface area (Å²) >= 11 is 0. The van der Waals surface area contributed by atoms with Crippen molar-refractivity contribution in [1.29, 1.82) is 5.26 Å². The predicted octanol–water partition coefficient (Wildman–Crippen LogP) is 5.24. The predicted molar refractivity (Wildman–Crippen MR) is 145 cm³/mol. The van der Waals surface area contributed by atoms with Crippen LogP contribution in [0.15, 0.2) is 65.4 Å². The van der Waals surface area contributed by atoms with Gasteiger partial charge in [0, 0.05) is 29.5 Å². The van der Waals surface area contributed by atoms with Gasteiger partial charge in [0.25, 0.3) is 11.8 Å². The minimum absolute atomic E-state index is 0.0199. The van der Waals surface area contributed by atoms with Crippen LogP contribution in [-0.2, 0) is 14.3 Å². The Bertz CT molecular complexity index is 1510. The molecule has 2 aliphatic heterocycles. The number of imide groups is 1. The molecule has 0 radical (unpaired) electrons. The van der Waals surface area contributed by atoms with Crippen LogP contribution in [0, 0.1) is 32.1 Å². The SMILES string of the molecule is CC1=C(C#N)C(=O)N(CC2CCCO2)C(=O)/C1=C/c1cn(-c2ccccc2)nc1-c1c(C)cc(C)cc1C. The van der Waals surface area contributed by atoms with Gasteiger partial charge in [-0.1, -0.05) is 35.9 Å². The summed E-state index contributed by atoms with van der Waals surface area (Å²) in [5.41, 5.74) is 7.34. The molecule has 2 amide bonds. The highest BCUT2D eigenvalue weighted by Gasteiger charge is 2.37. The quantitative estimate of drug-likeness (QED) is 0.349. The van der Waals surface area contributed by atoms with Crippen molar-refractivity contribution in [2.24, 2.45) is 0 Å². The summed E-state index contributed by atoms with van der Waals surface area (Å²) in [7, 11) is 0.